The van der Waals surface area contributed by atoms with Gasteiger partial charge in [-0.2, -0.15) is 4.31 Å². The molecule has 0 spiro atoms. The molecule has 1 rings (SSSR count). The Kier molecular flexibility index (Phi) is 3.79. The molecule has 1 heterocycles. The summed E-state index contributed by atoms with van der Waals surface area (Å²) in [4.78, 5) is 0. The van der Waals surface area contributed by atoms with Crippen molar-refractivity contribution in [2.45, 2.75) is 44.4 Å². The number of sulfonamides is 1. The second-order valence-corrected chi connectivity index (χ2v) is 7.79. The summed E-state index contributed by atoms with van der Waals surface area (Å²) in [5.41, 5.74) is 0. The first-order valence-corrected chi connectivity index (χ1v) is 6.90. The van der Waals surface area contributed by atoms with Gasteiger partial charge in [-0.15, -0.1) is 0 Å². The number of nitrogens with one attached hydrogen (secondary N) is 1. The maximum absolute atomic E-state index is 12.2. The Morgan fingerprint density at radius 2 is 1.93 bits per heavy atom. The Morgan fingerprint density at radius 3 is 2.40 bits per heavy atom. The van der Waals surface area contributed by atoms with Gasteiger partial charge in [-0.3, -0.25) is 0 Å². The molecular formula is C10H22N2O2S. The Labute approximate surface area is 93.1 Å². The molecule has 0 aliphatic carbocycles. The van der Waals surface area contributed by atoms with Crippen LogP contribution in [0.5, 0.6) is 0 Å². The number of nitrogens with zero attached hydrogens (tertiary/aromatic N) is 1. The summed E-state index contributed by atoms with van der Waals surface area (Å²) in [6.07, 6.45) is 2.01. The fourth-order valence-electron chi connectivity index (χ4n) is 1.78. The molecule has 1 unspecified atom stereocenters. The van der Waals surface area contributed by atoms with Gasteiger partial charge in [0.05, 0.1) is 4.75 Å². The highest BCUT2D eigenvalue weighted by Crippen LogP contribution is 2.23. The Balaban J connectivity index is 2.80. The Morgan fingerprint density at radius 1 is 1.33 bits per heavy atom. The van der Waals surface area contributed by atoms with Crippen molar-refractivity contribution in [2.24, 2.45) is 0 Å². The van der Waals surface area contributed by atoms with Crippen molar-refractivity contribution in [1.82, 2.24) is 9.62 Å². The fraction of sp³-hybridized carbons (Fsp3) is 1.00. The van der Waals surface area contributed by atoms with Gasteiger partial charge in [0, 0.05) is 19.1 Å². The largest absolute Gasteiger partial charge is 0.316 e. The van der Waals surface area contributed by atoms with E-state index in [9.17, 15) is 8.42 Å². The van der Waals surface area contributed by atoms with Gasteiger partial charge in [0.2, 0.25) is 10.0 Å². The van der Waals surface area contributed by atoms with Crippen LogP contribution in [0, 0.1) is 0 Å². The van der Waals surface area contributed by atoms with Gasteiger partial charge in [-0.05, 0) is 40.7 Å². The molecular weight excluding hydrogens is 212 g/mol. The van der Waals surface area contributed by atoms with Crippen molar-refractivity contribution >= 4 is 10.0 Å². The smallest absolute Gasteiger partial charge is 0.219 e. The molecule has 4 nitrogen and oxygen atoms in total. The molecule has 15 heavy (non-hydrogen) atoms. The molecule has 1 aliphatic rings. The number of piperidine rings is 1. The van der Waals surface area contributed by atoms with Crippen LogP contribution in [-0.4, -0.2) is 43.6 Å². The lowest BCUT2D eigenvalue weighted by atomic mass is 10.1. The lowest BCUT2D eigenvalue weighted by Gasteiger charge is -2.35. The lowest BCUT2D eigenvalue weighted by molar-refractivity contribution is 0.287. The maximum Gasteiger partial charge on any atom is 0.219 e. The average molecular weight is 234 g/mol. The highest BCUT2D eigenvalue weighted by Gasteiger charge is 2.37. The van der Waals surface area contributed by atoms with E-state index < -0.39 is 14.8 Å². The third kappa shape index (κ3) is 2.71. The number of rotatable bonds is 2. The first-order chi connectivity index (χ1) is 6.79. The van der Waals surface area contributed by atoms with Crippen LogP contribution >= 0.6 is 0 Å². The van der Waals surface area contributed by atoms with Crippen LogP contribution in [0.15, 0.2) is 0 Å². The first-order valence-electron chi connectivity index (χ1n) is 5.46. The summed E-state index contributed by atoms with van der Waals surface area (Å²) < 4.78 is 25.3. The van der Waals surface area contributed by atoms with E-state index in [1.165, 1.54) is 0 Å². The van der Waals surface area contributed by atoms with E-state index in [4.69, 9.17) is 0 Å². The van der Waals surface area contributed by atoms with Crippen LogP contribution < -0.4 is 5.32 Å². The van der Waals surface area contributed by atoms with E-state index >= 15 is 0 Å². The van der Waals surface area contributed by atoms with Crippen LogP contribution in [0.4, 0.5) is 0 Å². The Hall–Kier alpha value is -0.130. The normalized spacial score (nSPS) is 25.5. The van der Waals surface area contributed by atoms with Crippen LogP contribution in [0.3, 0.4) is 0 Å². The zero-order valence-corrected chi connectivity index (χ0v) is 10.9. The standard InChI is InChI=1S/C10H22N2O2S/c1-10(2,3)15(13,14)12-7-5-6-9(8-12)11-4/h9,11H,5-8H2,1-4H3. The third-order valence-corrected chi connectivity index (χ3v) is 5.47. The molecule has 0 bridgehead atoms. The predicted octanol–water partition coefficient (Wildman–Crippen LogP) is 0.798. The molecule has 1 aliphatic heterocycles. The van der Waals surface area contributed by atoms with Crippen LogP contribution in [0.25, 0.3) is 0 Å². The van der Waals surface area contributed by atoms with Gasteiger partial charge in [0.15, 0.2) is 0 Å². The monoisotopic (exact) mass is 234 g/mol. The zero-order chi connectivity index (χ0) is 11.7. The molecule has 5 heteroatoms. The van der Waals surface area contributed by atoms with E-state index in [2.05, 4.69) is 5.32 Å². The minimum atomic E-state index is -3.15. The minimum absolute atomic E-state index is 0.302. The van der Waals surface area contributed by atoms with Crippen LogP contribution in [0.1, 0.15) is 33.6 Å². The molecule has 0 amide bonds. The Bertz CT molecular complexity index is 306. The highest BCUT2D eigenvalue weighted by molar-refractivity contribution is 7.90. The molecule has 0 aromatic heterocycles. The van der Waals surface area contributed by atoms with Crippen LogP contribution in [0.2, 0.25) is 0 Å². The summed E-state index contributed by atoms with van der Waals surface area (Å²) in [5, 5.41) is 3.15. The van der Waals surface area contributed by atoms with E-state index in [0.717, 1.165) is 12.8 Å². The number of hydrogen-bond acceptors (Lipinski definition) is 3. The van der Waals surface area contributed by atoms with Crippen molar-refractivity contribution in [3.05, 3.63) is 0 Å². The fourth-order valence-corrected chi connectivity index (χ4v) is 3.30. The van der Waals surface area contributed by atoms with Crippen molar-refractivity contribution in [3.8, 4) is 0 Å². The van der Waals surface area contributed by atoms with Crippen molar-refractivity contribution in [3.63, 3.8) is 0 Å². The van der Waals surface area contributed by atoms with E-state index in [-0.39, 0.29) is 0 Å². The van der Waals surface area contributed by atoms with E-state index in [0.29, 0.717) is 19.1 Å². The van der Waals surface area contributed by atoms with Crippen molar-refractivity contribution in [2.75, 3.05) is 20.1 Å². The van der Waals surface area contributed by atoms with Gasteiger partial charge < -0.3 is 5.32 Å². The first kappa shape index (κ1) is 12.9. The van der Waals surface area contributed by atoms with E-state index in [1.54, 1.807) is 25.1 Å². The highest BCUT2D eigenvalue weighted by atomic mass is 32.2. The molecule has 1 fully saturated rings. The van der Waals surface area contributed by atoms with Gasteiger partial charge in [0.1, 0.15) is 0 Å². The lowest BCUT2D eigenvalue weighted by Crippen LogP contribution is -2.51. The summed E-state index contributed by atoms with van der Waals surface area (Å²) in [5.74, 6) is 0. The molecule has 1 atom stereocenters. The molecule has 0 saturated carbocycles. The summed E-state index contributed by atoms with van der Waals surface area (Å²) in [6.45, 7) is 6.54. The number of hydrogen-bond donors (Lipinski definition) is 1. The van der Waals surface area contributed by atoms with Crippen LogP contribution in [-0.2, 0) is 10.0 Å². The number of likely N-dealkylation sites (N-methyl/N-ethyl adjacent to an activating group) is 1. The molecule has 0 aromatic carbocycles. The molecule has 0 radical (unpaired) electrons. The predicted molar refractivity (Wildman–Crippen MR) is 62.3 cm³/mol. The molecule has 1 N–H and O–H groups in total. The van der Waals surface area contributed by atoms with Gasteiger partial charge >= 0.3 is 0 Å². The maximum atomic E-state index is 12.2. The quantitative estimate of drug-likeness (QED) is 0.769. The van der Waals surface area contributed by atoms with E-state index in [1.807, 2.05) is 7.05 Å². The second-order valence-electron chi connectivity index (χ2n) is 5.10. The van der Waals surface area contributed by atoms with Gasteiger partial charge in [-0.25, -0.2) is 8.42 Å². The topological polar surface area (TPSA) is 49.4 Å². The second kappa shape index (κ2) is 4.39. The molecule has 1 saturated heterocycles. The third-order valence-electron chi connectivity index (χ3n) is 2.91. The summed E-state index contributed by atoms with van der Waals surface area (Å²) in [7, 11) is -1.26. The van der Waals surface area contributed by atoms with Gasteiger partial charge in [-0.1, -0.05) is 0 Å². The van der Waals surface area contributed by atoms with Gasteiger partial charge in [0.25, 0.3) is 0 Å². The summed E-state index contributed by atoms with van der Waals surface area (Å²) >= 11 is 0. The zero-order valence-electron chi connectivity index (χ0n) is 10.1. The van der Waals surface area contributed by atoms with Crippen molar-refractivity contribution in [1.29, 1.82) is 0 Å². The minimum Gasteiger partial charge on any atom is -0.316 e. The molecule has 0 aromatic rings. The van der Waals surface area contributed by atoms with Crippen molar-refractivity contribution < 1.29 is 8.42 Å². The average Bonchev–Trinajstić information content (AvgIpc) is 2.16. The molecule has 90 valence electrons. The summed E-state index contributed by atoms with van der Waals surface area (Å²) in [6, 6.07) is 0.302. The SMILES string of the molecule is CNC1CCCN(S(=O)(=O)C(C)(C)C)C1.